The Balaban J connectivity index is 2.85. The van der Waals surface area contributed by atoms with Crippen LogP contribution >= 0.6 is 0 Å². The summed E-state index contributed by atoms with van der Waals surface area (Å²) >= 11 is -1.98. The van der Waals surface area contributed by atoms with E-state index in [1.54, 1.807) is 0 Å². The van der Waals surface area contributed by atoms with E-state index in [0.29, 0.717) is 0 Å². The summed E-state index contributed by atoms with van der Waals surface area (Å²) in [6, 6.07) is 8.12. The van der Waals surface area contributed by atoms with Crippen molar-refractivity contribution in [2.45, 2.75) is 41.1 Å². The zero-order valence-electron chi connectivity index (χ0n) is 11.7. The van der Waals surface area contributed by atoms with E-state index in [1.807, 2.05) is 32.9 Å². The van der Waals surface area contributed by atoms with E-state index in [0.717, 1.165) is 5.56 Å². The molecule has 2 nitrogen and oxygen atoms in total. The summed E-state index contributed by atoms with van der Waals surface area (Å²) < 4.78 is 1.45. The third kappa shape index (κ3) is 4.70. The van der Waals surface area contributed by atoms with Crippen molar-refractivity contribution in [1.29, 1.82) is 0 Å². The molecular formula is C14H23NOSn. The van der Waals surface area contributed by atoms with Crippen LogP contribution in [0.15, 0.2) is 24.3 Å². The Kier molecular flexibility index (Phi) is 4.28. The van der Waals surface area contributed by atoms with Gasteiger partial charge >= 0.3 is 109 Å². The second-order valence-corrected chi connectivity index (χ2v) is 21.0. The molecule has 0 atom stereocenters. The Hall–Kier alpha value is -0.511. The second-order valence-electron chi connectivity index (χ2n) is 6.53. The van der Waals surface area contributed by atoms with Gasteiger partial charge in [-0.3, -0.25) is 0 Å². The topological polar surface area (TPSA) is 29.1 Å². The van der Waals surface area contributed by atoms with Crippen LogP contribution in [0, 0.1) is 0 Å². The number of benzene rings is 1. The van der Waals surface area contributed by atoms with Crippen molar-refractivity contribution in [3.8, 4) is 0 Å². The zero-order chi connectivity index (χ0) is 13.3. The molecule has 0 unspecified atom stereocenters. The normalized spacial score (nSPS) is 12.4. The van der Waals surface area contributed by atoms with E-state index < -0.39 is 18.4 Å². The van der Waals surface area contributed by atoms with Crippen LogP contribution in [0.2, 0.25) is 14.8 Å². The van der Waals surface area contributed by atoms with Gasteiger partial charge in [0.2, 0.25) is 0 Å². The summed E-state index contributed by atoms with van der Waals surface area (Å²) in [7, 11) is 0. The van der Waals surface area contributed by atoms with Gasteiger partial charge in [-0.15, -0.1) is 0 Å². The molecule has 0 aliphatic carbocycles. The van der Waals surface area contributed by atoms with Crippen LogP contribution in [0.25, 0.3) is 0 Å². The maximum atomic E-state index is 11.9. The van der Waals surface area contributed by atoms with Crippen LogP contribution in [0.1, 0.15) is 31.1 Å². The van der Waals surface area contributed by atoms with Gasteiger partial charge in [0.15, 0.2) is 0 Å². The summed E-state index contributed by atoms with van der Waals surface area (Å²) in [5.41, 5.74) is 0.568. The molecule has 0 aromatic heterocycles. The number of hydrogen-bond acceptors (Lipinski definition) is 1. The molecular weight excluding hydrogens is 317 g/mol. The van der Waals surface area contributed by atoms with E-state index in [9.17, 15) is 4.79 Å². The Bertz CT molecular complexity index is 396. The molecule has 0 radical (unpaired) electrons. The summed E-state index contributed by atoms with van der Waals surface area (Å²) in [5.74, 6) is 0.00755. The van der Waals surface area contributed by atoms with Crippen molar-refractivity contribution in [3.63, 3.8) is 0 Å². The third-order valence-corrected chi connectivity index (χ3v) is 8.40. The van der Waals surface area contributed by atoms with Gasteiger partial charge in [-0.1, -0.05) is 0 Å². The van der Waals surface area contributed by atoms with Gasteiger partial charge in [0, 0.05) is 0 Å². The monoisotopic (exact) mass is 341 g/mol. The van der Waals surface area contributed by atoms with E-state index >= 15 is 0 Å². The fourth-order valence-corrected chi connectivity index (χ4v) is 4.86. The van der Waals surface area contributed by atoms with Crippen molar-refractivity contribution in [1.82, 2.24) is 5.32 Å². The van der Waals surface area contributed by atoms with E-state index in [2.05, 4.69) is 32.3 Å². The second kappa shape index (κ2) is 5.00. The van der Waals surface area contributed by atoms with E-state index in [1.165, 1.54) is 3.58 Å². The van der Waals surface area contributed by atoms with Gasteiger partial charge in [-0.25, -0.2) is 0 Å². The Labute approximate surface area is 109 Å². The van der Waals surface area contributed by atoms with Crippen LogP contribution in [0.5, 0.6) is 0 Å². The molecule has 0 aliphatic heterocycles. The molecule has 1 aromatic rings. The van der Waals surface area contributed by atoms with Crippen LogP contribution < -0.4 is 8.90 Å². The van der Waals surface area contributed by atoms with Gasteiger partial charge in [0.05, 0.1) is 0 Å². The van der Waals surface area contributed by atoms with Gasteiger partial charge in [-0.2, -0.15) is 0 Å². The predicted molar refractivity (Wildman–Crippen MR) is 76.6 cm³/mol. The first-order valence-corrected chi connectivity index (χ1v) is 16.0. The number of amides is 1. The number of rotatable bonds is 2. The number of carbonyl (C=O) groups excluding carboxylic acids is 1. The number of nitrogens with one attached hydrogen (secondary N) is 1. The van der Waals surface area contributed by atoms with Crippen molar-refractivity contribution in [2.24, 2.45) is 0 Å². The third-order valence-electron chi connectivity index (χ3n) is 2.50. The first kappa shape index (κ1) is 14.5. The Morgan fingerprint density at radius 1 is 1.06 bits per heavy atom. The minimum absolute atomic E-state index is 0.00755. The predicted octanol–water partition coefficient (Wildman–Crippen LogP) is 2.76. The van der Waals surface area contributed by atoms with Gasteiger partial charge in [0.25, 0.3) is 0 Å². The van der Waals surface area contributed by atoms with E-state index in [4.69, 9.17) is 0 Å². The fraction of sp³-hybridized carbons (Fsp3) is 0.500. The van der Waals surface area contributed by atoms with Crippen LogP contribution in [-0.4, -0.2) is 29.8 Å². The number of carbonyl (C=O) groups is 1. The Morgan fingerprint density at radius 3 is 1.88 bits per heavy atom. The van der Waals surface area contributed by atoms with Crippen molar-refractivity contribution < 1.29 is 4.79 Å². The quantitative estimate of drug-likeness (QED) is 0.825. The summed E-state index contributed by atoms with van der Waals surface area (Å²) in [5, 5.41) is 2.97. The van der Waals surface area contributed by atoms with Crippen LogP contribution in [0.3, 0.4) is 0 Å². The molecule has 0 saturated carbocycles. The Morgan fingerprint density at radius 2 is 1.53 bits per heavy atom. The maximum absolute atomic E-state index is 11.9. The molecule has 3 heteroatoms. The fourth-order valence-electron chi connectivity index (χ4n) is 1.53. The molecule has 0 fully saturated rings. The van der Waals surface area contributed by atoms with Crippen molar-refractivity contribution >= 4 is 27.9 Å². The van der Waals surface area contributed by atoms with Crippen LogP contribution in [0.4, 0.5) is 0 Å². The molecule has 0 heterocycles. The molecule has 0 bridgehead atoms. The first-order chi connectivity index (χ1) is 7.59. The molecule has 1 aromatic carbocycles. The van der Waals surface area contributed by atoms with Crippen molar-refractivity contribution in [3.05, 3.63) is 29.8 Å². The summed E-state index contributed by atoms with van der Waals surface area (Å²) in [6.07, 6.45) is 0. The summed E-state index contributed by atoms with van der Waals surface area (Å²) in [6.45, 7) is 5.97. The first-order valence-electron chi connectivity index (χ1n) is 6.03. The standard InChI is InChI=1S/C11H14NO.3CH3.Sn/c1-11(2,3)12-10(13)9-7-5-4-6-8-9;;;;/h5-8H,1-3H3,(H,12,13);3*1H3;. The molecule has 0 spiro atoms. The molecule has 17 heavy (non-hydrogen) atoms. The van der Waals surface area contributed by atoms with E-state index in [-0.39, 0.29) is 11.4 Å². The SMILES string of the molecule is CC(C)(C)NC(=O)c1cc[c]([Sn]([CH3])([CH3])[CH3])cc1. The molecule has 1 amide bonds. The molecule has 0 saturated heterocycles. The molecule has 94 valence electrons. The minimum atomic E-state index is -1.98. The van der Waals surface area contributed by atoms with Crippen LogP contribution in [-0.2, 0) is 0 Å². The van der Waals surface area contributed by atoms with Gasteiger partial charge < -0.3 is 0 Å². The molecule has 1 N–H and O–H groups in total. The van der Waals surface area contributed by atoms with Gasteiger partial charge in [0.1, 0.15) is 0 Å². The molecule has 0 aliphatic rings. The average molecular weight is 340 g/mol. The van der Waals surface area contributed by atoms with Crippen molar-refractivity contribution in [2.75, 3.05) is 0 Å². The molecule has 1 rings (SSSR count). The zero-order valence-corrected chi connectivity index (χ0v) is 14.6. The van der Waals surface area contributed by atoms with Gasteiger partial charge in [-0.05, 0) is 0 Å². The average Bonchev–Trinajstić information content (AvgIpc) is 2.14. The number of hydrogen-bond donors (Lipinski definition) is 1. The summed E-state index contributed by atoms with van der Waals surface area (Å²) in [4.78, 5) is 19.0.